The number of amides is 2. The smallest absolute Gasteiger partial charge is 0.410 e. The first-order valence-corrected chi connectivity index (χ1v) is 9.93. The lowest BCUT2D eigenvalue weighted by atomic mass is 10.2. The monoisotopic (exact) mass is 383 g/mol. The molecule has 156 valence electrons. The van der Waals surface area contributed by atoms with E-state index in [2.05, 4.69) is 15.6 Å². The summed E-state index contributed by atoms with van der Waals surface area (Å²) in [7, 11) is 1.72. The number of rotatable bonds is 7. The van der Waals surface area contributed by atoms with E-state index in [-0.39, 0.29) is 18.0 Å². The van der Waals surface area contributed by atoms with Crippen LogP contribution < -0.4 is 10.6 Å². The first-order chi connectivity index (χ1) is 12.7. The molecule has 1 aliphatic rings. The van der Waals surface area contributed by atoms with Crippen molar-refractivity contribution in [3.05, 3.63) is 0 Å². The van der Waals surface area contributed by atoms with Crippen molar-refractivity contribution in [1.82, 2.24) is 20.4 Å². The third-order valence-corrected chi connectivity index (χ3v) is 4.23. The second-order valence-corrected chi connectivity index (χ2v) is 7.79. The first-order valence-electron chi connectivity index (χ1n) is 9.93. The first kappa shape index (κ1) is 23.0. The molecule has 0 bridgehead atoms. The molecule has 0 saturated carbocycles. The van der Waals surface area contributed by atoms with Gasteiger partial charge in [-0.3, -0.25) is 9.79 Å². The molecule has 0 aromatic rings. The molecule has 8 nitrogen and oxygen atoms in total. The number of guanidine groups is 1. The number of carbonyl (C=O) groups excluding carboxylic acids is 2. The molecule has 1 unspecified atom stereocenters. The molecule has 1 heterocycles. The van der Waals surface area contributed by atoms with E-state index < -0.39 is 5.60 Å². The summed E-state index contributed by atoms with van der Waals surface area (Å²) in [6.07, 6.45) is 2.03. The van der Waals surface area contributed by atoms with Gasteiger partial charge >= 0.3 is 6.09 Å². The van der Waals surface area contributed by atoms with E-state index in [4.69, 9.17) is 4.74 Å². The second-order valence-electron chi connectivity index (χ2n) is 7.79. The maximum absolute atomic E-state index is 12.3. The Morgan fingerprint density at radius 2 is 1.96 bits per heavy atom. The fraction of sp³-hybridized carbons (Fsp3) is 0.842. The third-order valence-electron chi connectivity index (χ3n) is 4.23. The lowest BCUT2D eigenvalue weighted by molar-refractivity contribution is -0.129. The van der Waals surface area contributed by atoms with E-state index in [1.165, 1.54) is 0 Å². The van der Waals surface area contributed by atoms with Gasteiger partial charge in [-0.25, -0.2) is 4.79 Å². The van der Waals surface area contributed by atoms with Crippen LogP contribution in [0.3, 0.4) is 0 Å². The standard InChI is InChI=1S/C19H37N5O3/c1-7-11-23(18(26)27-19(3,4)5)13-10-21-17(20-6)22-15-9-12-24(14-15)16(25)8-2/h15H,7-14H2,1-6H3,(H2,20,21,22). The summed E-state index contributed by atoms with van der Waals surface area (Å²) >= 11 is 0. The minimum absolute atomic E-state index is 0.190. The molecule has 0 aromatic heterocycles. The summed E-state index contributed by atoms with van der Waals surface area (Å²) < 4.78 is 5.46. The number of aliphatic imine (C=N–C) groups is 1. The molecule has 0 aromatic carbocycles. The van der Waals surface area contributed by atoms with Crippen molar-refractivity contribution in [2.24, 2.45) is 4.99 Å². The zero-order valence-corrected chi connectivity index (χ0v) is 17.8. The largest absolute Gasteiger partial charge is 0.444 e. The quantitative estimate of drug-likeness (QED) is 0.517. The van der Waals surface area contributed by atoms with Crippen LogP contribution in [0.15, 0.2) is 4.99 Å². The molecule has 2 amide bonds. The average molecular weight is 384 g/mol. The molecule has 1 fully saturated rings. The number of hydrogen-bond acceptors (Lipinski definition) is 4. The predicted octanol–water partition coefficient (Wildman–Crippen LogP) is 1.81. The highest BCUT2D eigenvalue weighted by Gasteiger charge is 2.26. The third kappa shape index (κ3) is 8.49. The Morgan fingerprint density at radius 3 is 2.52 bits per heavy atom. The van der Waals surface area contributed by atoms with Gasteiger partial charge in [0.05, 0.1) is 0 Å². The molecule has 1 saturated heterocycles. The van der Waals surface area contributed by atoms with Gasteiger partial charge in [-0.1, -0.05) is 13.8 Å². The Kier molecular flexibility index (Phi) is 9.38. The highest BCUT2D eigenvalue weighted by atomic mass is 16.6. The number of likely N-dealkylation sites (tertiary alicyclic amines) is 1. The van der Waals surface area contributed by atoms with E-state index in [1.54, 1.807) is 11.9 Å². The summed E-state index contributed by atoms with van der Waals surface area (Å²) in [6.45, 7) is 12.8. The van der Waals surface area contributed by atoms with Crippen LogP contribution in [0.2, 0.25) is 0 Å². The van der Waals surface area contributed by atoms with Crippen LogP contribution >= 0.6 is 0 Å². The van der Waals surface area contributed by atoms with Crippen molar-refractivity contribution >= 4 is 18.0 Å². The highest BCUT2D eigenvalue weighted by Crippen LogP contribution is 2.11. The minimum Gasteiger partial charge on any atom is -0.444 e. The SMILES string of the molecule is CCCN(CCNC(=NC)NC1CCN(C(=O)CC)C1)C(=O)OC(C)(C)C. The molecule has 27 heavy (non-hydrogen) atoms. The summed E-state index contributed by atoms with van der Waals surface area (Å²) in [5, 5.41) is 6.61. The maximum Gasteiger partial charge on any atom is 0.410 e. The van der Waals surface area contributed by atoms with Crippen LogP contribution in [-0.2, 0) is 9.53 Å². The molecule has 0 aliphatic carbocycles. The van der Waals surface area contributed by atoms with E-state index in [0.717, 1.165) is 19.4 Å². The van der Waals surface area contributed by atoms with E-state index in [0.29, 0.717) is 38.6 Å². The van der Waals surface area contributed by atoms with Gasteiger partial charge in [0.2, 0.25) is 5.91 Å². The van der Waals surface area contributed by atoms with Crippen LogP contribution in [0.4, 0.5) is 4.79 Å². The van der Waals surface area contributed by atoms with Crippen molar-refractivity contribution in [1.29, 1.82) is 0 Å². The average Bonchev–Trinajstić information content (AvgIpc) is 3.06. The number of ether oxygens (including phenoxy) is 1. The number of carbonyl (C=O) groups is 2. The van der Waals surface area contributed by atoms with Gasteiger partial charge in [-0.2, -0.15) is 0 Å². The molecule has 1 rings (SSSR count). The van der Waals surface area contributed by atoms with Crippen molar-refractivity contribution in [3.8, 4) is 0 Å². The van der Waals surface area contributed by atoms with Crippen LogP contribution in [0, 0.1) is 0 Å². The topological polar surface area (TPSA) is 86.3 Å². The maximum atomic E-state index is 12.3. The molecule has 0 spiro atoms. The molecule has 1 aliphatic heterocycles. The lowest BCUT2D eigenvalue weighted by Gasteiger charge is -2.27. The van der Waals surface area contributed by atoms with Crippen molar-refractivity contribution in [2.45, 2.75) is 65.5 Å². The van der Waals surface area contributed by atoms with Gasteiger partial charge in [0, 0.05) is 52.2 Å². The molecule has 1 atom stereocenters. The number of nitrogens with zero attached hydrogens (tertiary/aromatic N) is 3. The van der Waals surface area contributed by atoms with Gasteiger partial charge < -0.3 is 25.2 Å². The zero-order chi connectivity index (χ0) is 20.4. The molecule has 8 heteroatoms. The predicted molar refractivity (Wildman–Crippen MR) is 108 cm³/mol. The van der Waals surface area contributed by atoms with Gasteiger partial charge in [-0.05, 0) is 33.6 Å². The Balaban J connectivity index is 2.44. The summed E-state index contributed by atoms with van der Waals surface area (Å²) in [5.41, 5.74) is -0.502. The second kappa shape index (κ2) is 11.0. The van der Waals surface area contributed by atoms with E-state index in [1.807, 2.05) is 39.5 Å². The van der Waals surface area contributed by atoms with Crippen LogP contribution in [-0.4, -0.2) is 79.2 Å². The van der Waals surface area contributed by atoms with Gasteiger partial charge in [0.1, 0.15) is 5.60 Å². The van der Waals surface area contributed by atoms with E-state index >= 15 is 0 Å². The van der Waals surface area contributed by atoms with Gasteiger partial charge in [0.15, 0.2) is 5.96 Å². The fourth-order valence-electron chi connectivity index (χ4n) is 2.92. The van der Waals surface area contributed by atoms with Crippen molar-refractivity contribution < 1.29 is 14.3 Å². The number of hydrogen-bond donors (Lipinski definition) is 2. The molecular formula is C19H37N5O3. The van der Waals surface area contributed by atoms with Gasteiger partial charge in [-0.15, -0.1) is 0 Å². The summed E-state index contributed by atoms with van der Waals surface area (Å²) in [4.78, 5) is 31.9. The van der Waals surface area contributed by atoms with Crippen LogP contribution in [0.1, 0.15) is 53.9 Å². The minimum atomic E-state index is -0.502. The van der Waals surface area contributed by atoms with Crippen LogP contribution in [0.5, 0.6) is 0 Å². The molecular weight excluding hydrogens is 346 g/mol. The molecule has 2 N–H and O–H groups in total. The number of nitrogens with one attached hydrogen (secondary N) is 2. The lowest BCUT2D eigenvalue weighted by Crippen LogP contribution is -2.48. The van der Waals surface area contributed by atoms with E-state index in [9.17, 15) is 9.59 Å². The Bertz CT molecular complexity index is 516. The highest BCUT2D eigenvalue weighted by molar-refractivity contribution is 5.80. The summed E-state index contributed by atoms with van der Waals surface area (Å²) in [5.74, 6) is 0.876. The fourth-order valence-corrected chi connectivity index (χ4v) is 2.92. The Morgan fingerprint density at radius 1 is 1.26 bits per heavy atom. The Labute approximate surface area is 163 Å². The van der Waals surface area contributed by atoms with Crippen molar-refractivity contribution in [2.75, 3.05) is 39.8 Å². The summed E-state index contributed by atoms with van der Waals surface area (Å²) in [6, 6.07) is 0.198. The normalized spacial score (nSPS) is 17.6. The van der Waals surface area contributed by atoms with Crippen molar-refractivity contribution in [3.63, 3.8) is 0 Å². The van der Waals surface area contributed by atoms with Crippen LogP contribution in [0.25, 0.3) is 0 Å². The zero-order valence-electron chi connectivity index (χ0n) is 17.8. The van der Waals surface area contributed by atoms with Gasteiger partial charge in [0.25, 0.3) is 0 Å². The molecule has 0 radical (unpaired) electrons. The Hall–Kier alpha value is -1.99.